The van der Waals surface area contributed by atoms with E-state index in [1.807, 2.05) is 6.07 Å². The molecule has 3 aromatic rings. The lowest BCUT2D eigenvalue weighted by Crippen LogP contribution is -2.23. The second-order valence-corrected chi connectivity index (χ2v) is 5.63. The van der Waals surface area contributed by atoms with Crippen molar-refractivity contribution in [1.29, 1.82) is 0 Å². The van der Waals surface area contributed by atoms with Crippen LogP contribution in [0.2, 0.25) is 0 Å². The van der Waals surface area contributed by atoms with Crippen LogP contribution in [-0.4, -0.2) is 10.2 Å². The Bertz CT molecular complexity index is 692. The van der Waals surface area contributed by atoms with Crippen LogP contribution in [0.15, 0.2) is 78.9 Å². The molecular weight excluding hydrogens is 284 g/mol. The lowest BCUT2D eigenvalue weighted by atomic mass is 9.81. The van der Waals surface area contributed by atoms with Gasteiger partial charge in [0.2, 0.25) is 0 Å². The Labute approximate surface area is 136 Å². The minimum Gasteiger partial charge on any atom is -0.362 e. The van der Waals surface area contributed by atoms with Crippen LogP contribution in [-0.2, 0) is 5.79 Å². The average Bonchev–Trinajstić information content (AvgIpc) is 2.61. The zero-order chi connectivity index (χ0) is 16.3. The van der Waals surface area contributed by atoms with Crippen molar-refractivity contribution in [1.82, 2.24) is 0 Å². The summed E-state index contributed by atoms with van der Waals surface area (Å²) in [7, 11) is 0. The van der Waals surface area contributed by atoms with Gasteiger partial charge in [0, 0.05) is 12.0 Å². The normalized spacial score (nSPS) is 11.4. The molecule has 3 aromatic carbocycles. The largest absolute Gasteiger partial charge is 0.362 e. The highest BCUT2D eigenvalue weighted by molar-refractivity contribution is 6.02. The molecule has 0 fully saturated rings. The molecular formula is C21H20O2. The summed E-state index contributed by atoms with van der Waals surface area (Å²) in [5.74, 6) is -1.67. The number of hydrogen-bond donors (Lipinski definition) is 2. The van der Waals surface area contributed by atoms with Crippen molar-refractivity contribution in [2.75, 3.05) is 0 Å². The molecule has 0 atom stereocenters. The van der Waals surface area contributed by atoms with E-state index in [-0.39, 0.29) is 0 Å². The molecule has 0 spiro atoms. The average molecular weight is 304 g/mol. The molecule has 0 aliphatic heterocycles. The zero-order valence-electron chi connectivity index (χ0n) is 13.1. The van der Waals surface area contributed by atoms with Crippen molar-refractivity contribution in [3.63, 3.8) is 0 Å². The molecule has 0 radical (unpaired) electrons. The minimum absolute atomic E-state index is 0.303. The van der Waals surface area contributed by atoms with Crippen molar-refractivity contribution < 1.29 is 10.2 Å². The fourth-order valence-electron chi connectivity index (χ4n) is 2.75. The molecule has 0 unspecified atom stereocenters. The van der Waals surface area contributed by atoms with Gasteiger partial charge >= 0.3 is 0 Å². The topological polar surface area (TPSA) is 40.5 Å². The summed E-state index contributed by atoms with van der Waals surface area (Å²) in [5.41, 5.74) is 6.13. The number of fused-ring (bicyclic) bond motifs is 4. The maximum absolute atomic E-state index is 9.35. The first-order chi connectivity index (χ1) is 11.1. The van der Waals surface area contributed by atoms with Crippen LogP contribution >= 0.6 is 0 Å². The molecule has 2 N–H and O–H groups in total. The third kappa shape index (κ3) is 3.04. The van der Waals surface area contributed by atoms with Crippen LogP contribution in [0.3, 0.4) is 0 Å². The molecule has 116 valence electrons. The number of rotatable bonds is 2. The first kappa shape index (κ1) is 15.5. The van der Waals surface area contributed by atoms with Crippen LogP contribution in [0.25, 0.3) is 22.3 Å². The van der Waals surface area contributed by atoms with Crippen molar-refractivity contribution in [3.8, 4) is 22.3 Å². The highest BCUT2D eigenvalue weighted by atomic mass is 16.5. The molecule has 1 aliphatic carbocycles. The molecule has 0 amide bonds. The van der Waals surface area contributed by atoms with Gasteiger partial charge in [0.1, 0.15) is 0 Å². The SMILES string of the molecule is CCC(O)(O)c1ccccc1.c1ccc2c(c1)-c1ccccc1-2. The van der Waals surface area contributed by atoms with Crippen LogP contribution in [0, 0.1) is 0 Å². The zero-order valence-corrected chi connectivity index (χ0v) is 13.1. The van der Waals surface area contributed by atoms with E-state index in [2.05, 4.69) is 48.5 Å². The third-order valence-corrected chi connectivity index (χ3v) is 4.16. The molecule has 23 heavy (non-hydrogen) atoms. The third-order valence-electron chi connectivity index (χ3n) is 4.16. The second-order valence-electron chi connectivity index (χ2n) is 5.63. The van der Waals surface area contributed by atoms with Gasteiger partial charge in [-0.15, -0.1) is 0 Å². The van der Waals surface area contributed by atoms with E-state index in [0.717, 1.165) is 0 Å². The predicted molar refractivity (Wildman–Crippen MR) is 93.7 cm³/mol. The molecule has 1 aliphatic rings. The van der Waals surface area contributed by atoms with Gasteiger partial charge in [-0.25, -0.2) is 0 Å². The van der Waals surface area contributed by atoms with Gasteiger partial charge in [0.05, 0.1) is 0 Å². The number of hydrogen-bond acceptors (Lipinski definition) is 2. The standard InChI is InChI=1S/C12H8.C9H12O2/c1-2-6-10-9(5-1)11-7-3-4-8-12(10)11;1-2-9(10,11)8-6-4-3-5-7-8/h1-8H;3-7,10-11H,2H2,1H3. The maximum Gasteiger partial charge on any atom is 0.189 e. The van der Waals surface area contributed by atoms with Gasteiger partial charge in [-0.05, 0) is 22.3 Å². The lowest BCUT2D eigenvalue weighted by molar-refractivity contribution is -0.171. The molecule has 0 heterocycles. The lowest BCUT2D eigenvalue weighted by Gasteiger charge is -2.22. The van der Waals surface area contributed by atoms with Gasteiger partial charge in [0.15, 0.2) is 5.79 Å². The fraction of sp³-hybridized carbons (Fsp3) is 0.143. The summed E-state index contributed by atoms with van der Waals surface area (Å²) in [6.45, 7) is 1.73. The Hall–Kier alpha value is -2.42. The van der Waals surface area contributed by atoms with E-state index in [1.54, 1.807) is 31.2 Å². The minimum atomic E-state index is -1.67. The highest BCUT2D eigenvalue weighted by Gasteiger charge is 2.22. The summed E-state index contributed by atoms with van der Waals surface area (Å²) >= 11 is 0. The van der Waals surface area contributed by atoms with Crippen LogP contribution in [0.1, 0.15) is 18.9 Å². The van der Waals surface area contributed by atoms with Crippen LogP contribution in [0.4, 0.5) is 0 Å². The smallest absolute Gasteiger partial charge is 0.189 e. The molecule has 4 rings (SSSR count). The molecule has 0 saturated heterocycles. The monoisotopic (exact) mass is 304 g/mol. The van der Waals surface area contributed by atoms with Crippen molar-refractivity contribution in [2.45, 2.75) is 19.1 Å². The quantitative estimate of drug-likeness (QED) is 0.533. The van der Waals surface area contributed by atoms with Gasteiger partial charge in [0.25, 0.3) is 0 Å². The molecule has 2 nitrogen and oxygen atoms in total. The van der Waals surface area contributed by atoms with E-state index >= 15 is 0 Å². The maximum atomic E-state index is 9.35. The van der Waals surface area contributed by atoms with E-state index in [4.69, 9.17) is 0 Å². The van der Waals surface area contributed by atoms with Crippen molar-refractivity contribution in [2.24, 2.45) is 0 Å². The Morgan fingerprint density at radius 3 is 1.30 bits per heavy atom. The van der Waals surface area contributed by atoms with Crippen molar-refractivity contribution >= 4 is 0 Å². The Balaban J connectivity index is 0.000000137. The van der Waals surface area contributed by atoms with E-state index in [1.165, 1.54) is 22.3 Å². The van der Waals surface area contributed by atoms with E-state index < -0.39 is 5.79 Å². The van der Waals surface area contributed by atoms with Gasteiger partial charge in [-0.1, -0.05) is 85.8 Å². The Morgan fingerprint density at radius 1 is 0.609 bits per heavy atom. The Kier molecular flexibility index (Phi) is 4.28. The first-order valence-electron chi connectivity index (χ1n) is 7.82. The van der Waals surface area contributed by atoms with Crippen molar-refractivity contribution in [3.05, 3.63) is 84.4 Å². The predicted octanol–water partition coefficient (Wildman–Crippen LogP) is 4.57. The number of benzene rings is 3. The summed E-state index contributed by atoms with van der Waals surface area (Å²) in [6, 6.07) is 25.9. The summed E-state index contributed by atoms with van der Waals surface area (Å²) < 4.78 is 0. The first-order valence-corrected chi connectivity index (χ1v) is 7.82. The van der Waals surface area contributed by atoms with Crippen LogP contribution < -0.4 is 0 Å². The summed E-state index contributed by atoms with van der Waals surface area (Å²) in [5, 5.41) is 18.7. The van der Waals surface area contributed by atoms with Gasteiger partial charge < -0.3 is 10.2 Å². The number of aliphatic hydroxyl groups is 2. The van der Waals surface area contributed by atoms with E-state index in [9.17, 15) is 10.2 Å². The summed E-state index contributed by atoms with van der Waals surface area (Å²) in [6.07, 6.45) is 0.303. The van der Waals surface area contributed by atoms with Gasteiger partial charge in [-0.3, -0.25) is 0 Å². The molecule has 2 heteroatoms. The van der Waals surface area contributed by atoms with Gasteiger partial charge in [-0.2, -0.15) is 0 Å². The fourth-order valence-corrected chi connectivity index (χ4v) is 2.75. The summed E-state index contributed by atoms with van der Waals surface area (Å²) in [4.78, 5) is 0. The second kappa shape index (κ2) is 6.37. The molecule has 0 saturated carbocycles. The van der Waals surface area contributed by atoms with E-state index in [0.29, 0.717) is 12.0 Å². The van der Waals surface area contributed by atoms with Crippen LogP contribution in [0.5, 0.6) is 0 Å². The highest BCUT2D eigenvalue weighted by Crippen LogP contribution is 2.46. The molecule has 0 bridgehead atoms. The molecule has 0 aromatic heterocycles. The Morgan fingerprint density at radius 2 is 0.957 bits per heavy atom.